The predicted octanol–water partition coefficient (Wildman–Crippen LogP) is 0.642. The van der Waals surface area contributed by atoms with Gasteiger partial charge >= 0.3 is 7.60 Å². The van der Waals surface area contributed by atoms with Gasteiger partial charge in [0, 0.05) is 22.4 Å². The lowest BCUT2D eigenvalue weighted by Gasteiger charge is -2.13. The molecule has 2 aromatic rings. The van der Waals surface area contributed by atoms with Gasteiger partial charge in [-0.15, -0.1) is 11.3 Å². The van der Waals surface area contributed by atoms with Crippen molar-refractivity contribution in [2.75, 3.05) is 6.35 Å². The van der Waals surface area contributed by atoms with Crippen molar-refractivity contribution in [1.82, 2.24) is 4.98 Å². The maximum absolute atomic E-state index is 12.2. The van der Waals surface area contributed by atoms with Crippen LogP contribution in [0.5, 0.6) is 5.75 Å². The highest BCUT2D eigenvalue weighted by atomic mass is 32.1. The Balaban J connectivity index is 2.09. The molecule has 0 radical (unpaired) electrons. The fourth-order valence-corrected chi connectivity index (χ4v) is 3.57. The third kappa shape index (κ3) is 3.17. The number of carbonyl (C=O) groups is 1. The highest BCUT2D eigenvalue weighted by Gasteiger charge is 2.30. The van der Waals surface area contributed by atoms with Gasteiger partial charge < -0.3 is 26.0 Å². The molecular formula is C13H13N4O5PS. The number of hydrogen-bond acceptors (Lipinski definition) is 5. The second kappa shape index (κ2) is 5.99. The average Bonchev–Trinajstić information content (AvgIpc) is 3.03. The van der Waals surface area contributed by atoms with Crippen molar-refractivity contribution in [3.8, 4) is 17.0 Å². The number of nitrogens with two attached hydrogens (primary N) is 2. The minimum Gasteiger partial charge on any atom is -0.480 e. The van der Waals surface area contributed by atoms with E-state index >= 15 is 0 Å². The van der Waals surface area contributed by atoms with Crippen molar-refractivity contribution in [1.29, 1.82) is 0 Å². The van der Waals surface area contributed by atoms with Crippen molar-refractivity contribution in [3.05, 3.63) is 33.6 Å². The zero-order chi connectivity index (χ0) is 17.5. The molecule has 1 aliphatic carbocycles. The number of fused-ring (bicyclic) bond motifs is 3. The molecule has 0 unspecified atom stereocenters. The van der Waals surface area contributed by atoms with Crippen LogP contribution in [0.1, 0.15) is 20.8 Å². The van der Waals surface area contributed by atoms with Crippen LogP contribution in [0.2, 0.25) is 0 Å². The Morgan fingerprint density at radius 2 is 2.17 bits per heavy atom. The molecule has 0 atom stereocenters. The molecule has 1 aromatic heterocycles. The van der Waals surface area contributed by atoms with E-state index in [1.165, 1.54) is 23.5 Å². The van der Waals surface area contributed by atoms with Crippen molar-refractivity contribution in [3.63, 3.8) is 0 Å². The van der Waals surface area contributed by atoms with Crippen LogP contribution >= 0.6 is 18.9 Å². The molecule has 0 fully saturated rings. The molecule has 24 heavy (non-hydrogen) atoms. The van der Waals surface area contributed by atoms with Crippen LogP contribution in [0, 0.1) is 0 Å². The van der Waals surface area contributed by atoms with Gasteiger partial charge in [0.1, 0.15) is 5.75 Å². The van der Waals surface area contributed by atoms with E-state index in [0.29, 0.717) is 28.8 Å². The minimum absolute atomic E-state index is 0.249. The Kier molecular flexibility index (Phi) is 4.14. The summed E-state index contributed by atoms with van der Waals surface area (Å²) in [7, 11) is -4.34. The molecule has 1 aliphatic rings. The van der Waals surface area contributed by atoms with Gasteiger partial charge in [0.05, 0.1) is 11.2 Å². The number of ether oxygens (including phenoxy) is 1. The Morgan fingerprint density at radius 1 is 1.42 bits per heavy atom. The fraction of sp³-hybridized carbons (Fsp3) is 0.154. The van der Waals surface area contributed by atoms with E-state index in [2.05, 4.69) is 9.98 Å². The number of aromatic nitrogens is 1. The normalized spacial score (nSPS) is 12.4. The highest BCUT2D eigenvalue weighted by Crippen LogP contribution is 2.46. The largest absolute Gasteiger partial charge is 0.480 e. The number of hydrogen-bond donors (Lipinski definition) is 4. The summed E-state index contributed by atoms with van der Waals surface area (Å²) in [6.45, 7) is 0. The van der Waals surface area contributed by atoms with Crippen LogP contribution in [0.4, 0.5) is 0 Å². The lowest BCUT2D eigenvalue weighted by molar-refractivity contribution is 0.100. The van der Waals surface area contributed by atoms with Gasteiger partial charge in [0.25, 0.3) is 5.91 Å². The van der Waals surface area contributed by atoms with E-state index in [-0.39, 0.29) is 11.7 Å². The van der Waals surface area contributed by atoms with Gasteiger partial charge in [-0.25, -0.2) is 4.98 Å². The molecule has 0 bridgehead atoms. The number of nitrogens with zero attached hydrogens (tertiary/aromatic N) is 2. The van der Waals surface area contributed by atoms with Gasteiger partial charge in [0.15, 0.2) is 12.3 Å². The first-order chi connectivity index (χ1) is 11.3. The van der Waals surface area contributed by atoms with E-state index in [0.717, 1.165) is 4.88 Å². The fourth-order valence-electron chi connectivity index (χ4n) is 2.48. The molecule has 9 nitrogen and oxygen atoms in total. The molecule has 1 heterocycles. The molecule has 0 saturated carbocycles. The van der Waals surface area contributed by atoms with E-state index in [1.807, 2.05) is 0 Å². The van der Waals surface area contributed by atoms with Crippen molar-refractivity contribution < 1.29 is 23.9 Å². The SMILES string of the molecule is NC(N)=NC(=O)c1ccc(OCP(=O)(O)O)c2c1Cc1scnc1-2. The summed E-state index contributed by atoms with van der Waals surface area (Å²) in [6, 6.07) is 2.93. The average molecular weight is 368 g/mol. The number of thiazole rings is 1. The second-order valence-electron chi connectivity index (χ2n) is 5.05. The number of amides is 1. The molecule has 0 aliphatic heterocycles. The first-order valence-electron chi connectivity index (χ1n) is 6.66. The number of rotatable bonds is 4. The van der Waals surface area contributed by atoms with Gasteiger partial charge in [-0.1, -0.05) is 0 Å². The van der Waals surface area contributed by atoms with Crippen LogP contribution in [-0.2, 0) is 11.0 Å². The summed E-state index contributed by atoms with van der Waals surface area (Å²) in [6.07, 6.45) is -0.316. The summed E-state index contributed by atoms with van der Waals surface area (Å²) in [5.41, 5.74) is 14.3. The molecule has 3 rings (SSSR count). The summed E-state index contributed by atoms with van der Waals surface area (Å²) in [4.78, 5) is 38.9. The monoisotopic (exact) mass is 368 g/mol. The number of carbonyl (C=O) groups excluding carboxylic acids is 1. The quantitative estimate of drug-likeness (QED) is 0.296. The van der Waals surface area contributed by atoms with Crippen LogP contribution in [0.3, 0.4) is 0 Å². The van der Waals surface area contributed by atoms with E-state index in [4.69, 9.17) is 26.0 Å². The molecule has 11 heteroatoms. The zero-order valence-electron chi connectivity index (χ0n) is 12.2. The van der Waals surface area contributed by atoms with Crippen molar-refractivity contribution in [2.45, 2.75) is 6.42 Å². The van der Waals surface area contributed by atoms with Gasteiger partial charge in [-0.05, 0) is 17.7 Å². The lowest BCUT2D eigenvalue weighted by atomic mass is 10.0. The van der Waals surface area contributed by atoms with Gasteiger partial charge in [0.2, 0.25) is 0 Å². The highest BCUT2D eigenvalue weighted by molar-refractivity contribution is 7.51. The first-order valence-corrected chi connectivity index (χ1v) is 9.34. The van der Waals surface area contributed by atoms with Crippen LogP contribution < -0.4 is 16.2 Å². The van der Waals surface area contributed by atoms with Gasteiger partial charge in [-0.2, -0.15) is 4.99 Å². The third-order valence-electron chi connectivity index (χ3n) is 3.34. The van der Waals surface area contributed by atoms with Gasteiger partial charge in [-0.3, -0.25) is 9.36 Å². The molecule has 6 N–H and O–H groups in total. The first kappa shape index (κ1) is 16.6. The Bertz CT molecular complexity index is 900. The Morgan fingerprint density at radius 3 is 2.83 bits per heavy atom. The molecule has 126 valence electrons. The van der Waals surface area contributed by atoms with Crippen molar-refractivity contribution in [2.24, 2.45) is 16.5 Å². The minimum atomic E-state index is -4.34. The third-order valence-corrected chi connectivity index (χ3v) is 4.64. The maximum atomic E-state index is 12.2. The molecule has 1 aromatic carbocycles. The van der Waals surface area contributed by atoms with E-state index in [1.54, 1.807) is 5.51 Å². The molecule has 0 spiro atoms. The predicted molar refractivity (Wildman–Crippen MR) is 88.0 cm³/mol. The number of benzene rings is 1. The maximum Gasteiger partial charge on any atom is 0.362 e. The Labute approximate surface area is 140 Å². The van der Waals surface area contributed by atoms with E-state index < -0.39 is 19.9 Å². The van der Waals surface area contributed by atoms with Crippen LogP contribution in [0.25, 0.3) is 11.3 Å². The van der Waals surface area contributed by atoms with Crippen molar-refractivity contribution >= 4 is 30.8 Å². The molecule has 0 saturated heterocycles. The smallest absolute Gasteiger partial charge is 0.362 e. The second-order valence-corrected chi connectivity index (χ2v) is 7.57. The lowest BCUT2D eigenvalue weighted by Crippen LogP contribution is -2.24. The molecule has 1 amide bonds. The topological polar surface area (TPSA) is 161 Å². The van der Waals surface area contributed by atoms with Crippen LogP contribution in [0.15, 0.2) is 22.6 Å². The zero-order valence-corrected chi connectivity index (χ0v) is 13.9. The summed E-state index contributed by atoms with van der Waals surface area (Å²) >= 11 is 1.42. The number of guanidine groups is 1. The molecular weight excluding hydrogens is 355 g/mol. The summed E-state index contributed by atoms with van der Waals surface area (Å²) in [5, 5.41) is 0. The Hall–Kier alpha value is -2.26. The number of aliphatic imine (C=N–C) groups is 1. The summed E-state index contributed by atoms with van der Waals surface area (Å²) in [5.74, 6) is -0.691. The van der Waals surface area contributed by atoms with Crippen LogP contribution in [-0.4, -0.2) is 33.0 Å². The standard InChI is InChI=1S/C13H13N4O5PS/c14-13(15)17-12(18)6-1-2-8(22-5-23(19,20)21)10-7(6)3-9-11(10)16-4-24-9/h1-2,4H,3,5H2,(H2,19,20,21)(H4,14,15,17,18). The van der Waals surface area contributed by atoms with E-state index in [9.17, 15) is 9.36 Å². The summed E-state index contributed by atoms with van der Waals surface area (Å²) < 4.78 is 16.3.